The second-order valence-corrected chi connectivity index (χ2v) is 8.71. The van der Waals surface area contributed by atoms with Gasteiger partial charge >= 0.3 is 0 Å². The number of amides is 1. The van der Waals surface area contributed by atoms with E-state index in [0.29, 0.717) is 25.4 Å². The van der Waals surface area contributed by atoms with Crippen LogP contribution in [-0.2, 0) is 11.3 Å². The van der Waals surface area contributed by atoms with Crippen molar-refractivity contribution < 1.29 is 14.3 Å². The Morgan fingerprint density at radius 3 is 2.47 bits per heavy atom. The normalized spacial score (nSPS) is 19.3. The van der Waals surface area contributed by atoms with Gasteiger partial charge in [-0.2, -0.15) is 0 Å². The monoisotopic (exact) mass is 451 g/mol. The highest BCUT2D eigenvalue weighted by atomic mass is 16.7. The van der Waals surface area contributed by atoms with E-state index >= 15 is 0 Å². The molecule has 1 unspecified atom stereocenters. The van der Waals surface area contributed by atoms with E-state index in [1.54, 1.807) is 0 Å². The average Bonchev–Trinajstić information content (AvgIpc) is 3.40. The molecule has 0 saturated carbocycles. The first-order valence-electron chi connectivity index (χ1n) is 11.5. The SMILES string of the molecule is CN1CCN=C(c2ccccc2)C2=C1C(=O)N(Cc1ccccc1)C2c1ccc2c(c1)OCO2. The Hall–Kier alpha value is -4.06. The van der Waals surface area contributed by atoms with Gasteiger partial charge < -0.3 is 19.3 Å². The summed E-state index contributed by atoms with van der Waals surface area (Å²) in [5.74, 6) is 1.46. The van der Waals surface area contributed by atoms with Crippen molar-refractivity contribution in [3.8, 4) is 11.5 Å². The number of ether oxygens (including phenoxy) is 2. The zero-order chi connectivity index (χ0) is 23.1. The number of rotatable bonds is 4. The lowest BCUT2D eigenvalue weighted by atomic mass is 9.91. The van der Waals surface area contributed by atoms with Gasteiger partial charge in [-0.25, -0.2) is 0 Å². The minimum absolute atomic E-state index is 0.0227. The molecule has 0 saturated heterocycles. The Balaban J connectivity index is 1.53. The molecule has 3 heterocycles. The molecule has 6 heteroatoms. The molecule has 0 bridgehead atoms. The molecular formula is C28H25N3O3. The van der Waals surface area contributed by atoms with Crippen molar-refractivity contribution in [2.45, 2.75) is 12.6 Å². The van der Waals surface area contributed by atoms with Crippen molar-refractivity contribution >= 4 is 11.6 Å². The molecule has 0 radical (unpaired) electrons. The minimum Gasteiger partial charge on any atom is -0.454 e. The maximum atomic E-state index is 14.0. The van der Waals surface area contributed by atoms with Crippen LogP contribution in [0, 0.1) is 0 Å². The van der Waals surface area contributed by atoms with Crippen LogP contribution in [0.15, 0.2) is 95.1 Å². The topological polar surface area (TPSA) is 54.4 Å². The summed E-state index contributed by atoms with van der Waals surface area (Å²) in [6, 6.07) is 26.0. The van der Waals surface area contributed by atoms with Crippen LogP contribution >= 0.6 is 0 Å². The van der Waals surface area contributed by atoms with Crippen molar-refractivity contribution in [3.63, 3.8) is 0 Å². The van der Waals surface area contributed by atoms with Gasteiger partial charge in [-0.15, -0.1) is 0 Å². The first kappa shape index (κ1) is 20.5. The lowest BCUT2D eigenvalue weighted by Crippen LogP contribution is -2.34. The third kappa shape index (κ3) is 3.43. The molecular weight excluding hydrogens is 426 g/mol. The Kier molecular flexibility index (Phi) is 5.06. The fourth-order valence-electron chi connectivity index (χ4n) is 4.99. The highest BCUT2D eigenvalue weighted by Crippen LogP contribution is 2.45. The van der Waals surface area contributed by atoms with E-state index in [9.17, 15) is 4.79 Å². The maximum absolute atomic E-state index is 14.0. The van der Waals surface area contributed by atoms with Gasteiger partial charge in [0.1, 0.15) is 5.70 Å². The van der Waals surface area contributed by atoms with Crippen LogP contribution in [0.25, 0.3) is 0 Å². The summed E-state index contributed by atoms with van der Waals surface area (Å²) in [6.07, 6.45) is 0. The molecule has 0 aromatic heterocycles. The van der Waals surface area contributed by atoms with Gasteiger partial charge in [0.25, 0.3) is 5.91 Å². The number of likely N-dealkylation sites (N-methyl/N-ethyl adjacent to an activating group) is 1. The van der Waals surface area contributed by atoms with Crippen molar-refractivity contribution in [2.75, 3.05) is 26.9 Å². The zero-order valence-electron chi connectivity index (χ0n) is 19.0. The standard InChI is InChI=1S/C28H25N3O3/c1-30-15-14-29-25(20-10-6-3-7-11-20)24-26(21-12-13-22-23(16-21)34-18-33-22)31(28(32)27(24)30)17-19-8-4-2-5-9-19/h2-13,16,26H,14-15,17-18H2,1H3. The number of hydrogen-bond donors (Lipinski definition) is 0. The summed E-state index contributed by atoms with van der Waals surface area (Å²) >= 11 is 0. The first-order chi connectivity index (χ1) is 16.7. The average molecular weight is 452 g/mol. The third-order valence-corrected chi connectivity index (χ3v) is 6.60. The summed E-state index contributed by atoms with van der Waals surface area (Å²) in [5.41, 5.74) is 5.64. The number of carbonyl (C=O) groups excluding carboxylic acids is 1. The zero-order valence-corrected chi connectivity index (χ0v) is 19.0. The number of hydrogen-bond acceptors (Lipinski definition) is 5. The van der Waals surface area contributed by atoms with E-state index in [1.807, 2.05) is 66.5 Å². The molecule has 1 atom stereocenters. The summed E-state index contributed by atoms with van der Waals surface area (Å²) in [6.45, 7) is 2.03. The minimum atomic E-state index is -0.295. The van der Waals surface area contributed by atoms with Crippen LogP contribution in [0.5, 0.6) is 11.5 Å². The van der Waals surface area contributed by atoms with Crippen molar-refractivity contribution in [1.29, 1.82) is 0 Å². The summed E-state index contributed by atoms with van der Waals surface area (Å²) < 4.78 is 11.2. The van der Waals surface area contributed by atoms with Gasteiger partial charge in [-0.3, -0.25) is 9.79 Å². The predicted molar refractivity (Wildman–Crippen MR) is 130 cm³/mol. The Morgan fingerprint density at radius 2 is 1.68 bits per heavy atom. The van der Waals surface area contributed by atoms with Gasteiger partial charge in [0, 0.05) is 31.3 Å². The van der Waals surface area contributed by atoms with Crippen LogP contribution in [0.3, 0.4) is 0 Å². The molecule has 6 nitrogen and oxygen atoms in total. The smallest absolute Gasteiger partial charge is 0.271 e. The summed E-state index contributed by atoms with van der Waals surface area (Å²) in [4.78, 5) is 23.0. The molecule has 0 N–H and O–H groups in total. The third-order valence-electron chi connectivity index (χ3n) is 6.60. The first-order valence-corrected chi connectivity index (χ1v) is 11.5. The molecule has 0 spiro atoms. The lowest BCUT2D eigenvalue weighted by Gasteiger charge is -2.28. The van der Waals surface area contributed by atoms with Crippen molar-refractivity contribution in [3.05, 3.63) is 107 Å². The van der Waals surface area contributed by atoms with E-state index in [4.69, 9.17) is 14.5 Å². The van der Waals surface area contributed by atoms with Crippen LogP contribution in [-0.4, -0.2) is 48.3 Å². The van der Waals surface area contributed by atoms with E-state index < -0.39 is 0 Å². The molecule has 0 aliphatic carbocycles. The Morgan fingerprint density at radius 1 is 0.941 bits per heavy atom. The number of nitrogens with zero attached hydrogens (tertiary/aromatic N) is 3. The number of aliphatic imine (C=N–C) groups is 1. The molecule has 3 aromatic rings. The molecule has 6 rings (SSSR count). The van der Waals surface area contributed by atoms with E-state index in [1.165, 1.54) is 0 Å². The van der Waals surface area contributed by atoms with E-state index in [-0.39, 0.29) is 18.7 Å². The highest BCUT2D eigenvalue weighted by Gasteiger charge is 2.44. The Labute approximate surface area is 198 Å². The van der Waals surface area contributed by atoms with Gasteiger partial charge in [0.05, 0.1) is 18.3 Å². The van der Waals surface area contributed by atoms with Gasteiger partial charge in [-0.05, 0) is 23.3 Å². The number of carbonyl (C=O) groups is 1. The molecule has 1 amide bonds. The number of fused-ring (bicyclic) bond motifs is 1. The van der Waals surface area contributed by atoms with Crippen LogP contribution in [0.1, 0.15) is 22.7 Å². The summed E-state index contributed by atoms with van der Waals surface area (Å²) in [7, 11) is 1.99. The number of benzene rings is 3. The van der Waals surface area contributed by atoms with Gasteiger partial charge in [-0.1, -0.05) is 66.7 Å². The fraction of sp³-hybridized carbons (Fsp3) is 0.214. The molecule has 3 aliphatic rings. The quantitative estimate of drug-likeness (QED) is 0.597. The van der Waals surface area contributed by atoms with Crippen molar-refractivity contribution in [2.24, 2.45) is 4.99 Å². The Bertz CT molecular complexity index is 1300. The van der Waals surface area contributed by atoms with Crippen LogP contribution in [0.2, 0.25) is 0 Å². The van der Waals surface area contributed by atoms with E-state index in [2.05, 4.69) is 29.2 Å². The van der Waals surface area contributed by atoms with Crippen molar-refractivity contribution in [1.82, 2.24) is 9.80 Å². The lowest BCUT2D eigenvalue weighted by molar-refractivity contribution is -0.129. The molecule has 34 heavy (non-hydrogen) atoms. The second kappa shape index (κ2) is 8.37. The highest BCUT2D eigenvalue weighted by molar-refractivity contribution is 6.19. The second-order valence-electron chi connectivity index (χ2n) is 8.71. The van der Waals surface area contributed by atoms with Crippen LogP contribution in [0.4, 0.5) is 0 Å². The van der Waals surface area contributed by atoms with E-state index in [0.717, 1.165) is 39.4 Å². The molecule has 3 aromatic carbocycles. The fourth-order valence-corrected chi connectivity index (χ4v) is 4.99. The maximum Gasteiger partial charge on any atom is 0.271 e. The summed E-state index contributed by atoms with van der Waals surface area (Å²) in [5, 5.41) is 0. The van der Waals surface area contributed by atoms with Gasteiger partial charge in [0.2, 0.25) is 6.79 Å². The molecule has 0 fully saturated rings. The predicted octanol–water partition coefficient (Wildman–Crippen LogP) is 4.19. The van der Waals surface area contributed by atoms with Crippen LogP contribution < -0.4 is 9.47 Å². The molecule has 3 aliphatic heterocycles. The largest absolute Gasteiger partial charge is 0.454 e. The molecule has 170 valence electrons. The van der Waals surface area contributed by atoms with Gasteiger partial charge in [0.15, 0.2) is 11.5 Å².